The van der Waals surface area contributed by atoms with Gasteiger partial charge in [-0.2, -0.15) is 11.3 Å². The van der Waals surface area contributed by atoms with Crippen LogP contribution in [-0.2, 0) is 16.7 Å². The standard InChI is InChI=1S/C21H27N3O3S.HI/c1-2-22-20(23-12-16-5-10-28-13-16)24-14-21(6-8-25-9-7-21)17-3-4-18-19(11-17)27-15-26-18;/h3-5,10-11,13H,2,6-9,12,14-15H2,1H3,(H2,22,23,24);1H. The van der Waals surface area contributed by atoms with Gasteiger partial charge in [-0.25, -0.2) is 4.99 Å². The maximum absolute atomic E-state index is 5.66. The molecule has 6 nitrogen and oxygen atoms in total. The smallest absolute Gasteiger partial charge is 0.231 e. The van der Waals surface area contributed by atoms with E-state index >= 15 is 0 Å². The third-order valence-electron chi connectivity index (χ3n) is 5.37. The van der Waals surface area contributed by atoms with E-state index in [1.165, 1.54) is 11.1 Å². The quantitative estimate of drug-likeness (QED) is 0.338. The number of hydrogen-bond acceptors (Lipinski definition) is 5. The van der Waals surface area contributed by atoms with Crippen molar-refractivity contribution in [2.45, 2.75) is 31.7 Å². The summed E-state index contributed by atoms with van der Waals surface area (Å²) in [5, 5.41) is 11.2. The zero-order valence-corrected chi connectivity index (χ0v) is 19.8. The number of thiophene rings is 1. The molecule has 0 unspecified atom stereocenters. The topological polar surface area (TPSA) is 64.1 Å². The molecule has 1 saturated heterocycles. The molecule has 29 heavy (non-hydrogen) atoms. The average molecular weight is 529 g/mol. The first kappa shape index (κ1) is 22.2. The molecule has 3 heterocycles. The highest BCUT2D eigenvalue weighted by atomic mass is 127. The van der Waals surface area contributed by atoms with Crippen LogP contribution in [-0.4, -0.2) is 39.1 Å². The van der Waals surface area contributed by atoms with Gasteiger partial charge in [-0.05, 0) is 59.9 Å². The number of benzene rings is 1. The molecule has 0 atom stereocenters. The third kappa shape index (κ3) is 5.35. The lowest BCUT2D eigenvalue weighted by atomic mass is 9.74. The molecule has 1 fully saturated rings. The van der Waals surface area contributed by atoms with Crippen LogP contribution in [0.2, 0.25) is 0 Å². The summed E-state index contributed by atoms with van der Waals surface area (Å²) in [6.07, 6.45) is 1.92. The zero-order valence-electron chi connectivity index (χ0n) is 16.6. The maximum atomic E-state index is 5.66. The molecule has 0 spiro atoms. The second-order valence-electron chi connectivity index (χ2n) is 7.14. The molecule has 2 aliphatic rings. The average Bonchev–Trinajstić information content (AvgIpc) is 3.42. The largest absolute Gasteiger partial charge is 0.454 e. The monoisotopic (exact) mass is 529 g/mol. The van der Waals surface area contributed by atoms with Crippen molar-refractivity contribution in [3.05, 3.63) is 46.2 Å². The number of hydrogen-bond donors (Lipinski definition) is 2. The molecule has 1 aromatic heterocycles. The predicted octanol–water partition coefficient (Wildman–Crippen LogP) is 3.90. The van der Waals surface area contributed by atoms with E-state index in [1.807, 2.05) is 6.07 Å². The molecule has 4 rings (SSSR count). The van der Waals surface area contributed by atoms with Gasteiger partial charge in [-0.3, -0.25) is 0 Å². The first-order chi connectivity index (χ1) is 13.8. The Morgan fingerprint density at radius 2 is 1.97 bits per heavy atom. The van der Waals surface area contributed by atoms with Crippen molar-refractivity contribution in [1.29, 1.82) is 0 Å². The van der Waals surface area contributed by atoms with Gasteiger partial charge in [0.25, 0.3) is 0 Å². The molecular formula is C21H28IN3O3S. The van der Waals surface area contributed by atoms with E-state index in [-0.39, 0.29) is 29.4 Å². The molecule has 0 bridgehead atoms. The highest BCUT2D eigenvalue weighted by molar-refractivity contribution is 14.0. The van der Waals surface area contributed by atoms with Crippen LogP contribution in [0, 0.1) is 0 Å². The first-order valence-electron chi connectivity index (χ1n) is 9.80. The molecule has 2 N–H and O–H groups in total. The Hall–Kier alpha value is -1.52. The van der Waals surface area contributed by atoms with Crippen molar-refractivity contribution in [3.63, 3.8) is 0 Å². The van der Waals surface area contributed by atoms with Crippen molar-refractivity contribution in [2.75, 3.05) is 33.1 Å². The van der Waals surface area contributed by atoms with Gasteiger partial charge in [0.1, 0.15) is 0 Å². The van der Waals surface area contributed by atoms with Crippen LogP contribution in [0.1, 0.15) is 30.9 Å². The molecule has 0 amide bonds. The van der Waals surface area contributed by atoms with E-state index in [4.69, 9.17) is 19.2 Å². The number of guanidine groups is 1. The maximum Gasteiger partial charge on any atom is 0.231 e. The molecule has 1 aromatic carbocycles. The second-order valence-corrected chi connectivity index (χ2v) is 7.92. The van der Waals surface area contributed by atoms with Crippen LogP contribution in [0.15, 0.2) is 40.0 Å². The van der Waals surface area contributed by atoms with Crippen molar-refractivity contribution in [2.24, 2.45) is 4.99 Å². The Morgan fingerprint density at radius 3 is 2.72 bits per heavy atom. The summed E-state index contributed by atoms with van der Waals surface area (Å²) in [4.78, 5) is 4.75. The minimum absolute atomic E-state index is 0. The van der Waals surface area contributed by atoms with Gasteiger partial charge in [-0.15, -0.1) is 24.0 Å². The summed E-state index contributed by atoms with van der Waals surface area (Å²) < 4.78 is 16.8. The number of ether oxygens (including phenoxy) is 3. The first-order valence-corrected chi connectivity index (χ1v) is 10.7. The number of halogens is 1. The molecular weight excluding hydrogens is 501 g/mol. The van der Waals surface area contributed by atoms with Crippen molar-refractivity contribution in [1.82, 2.24) is 10.6 Å². The fourth-order valence-electron chi connectivity index (χ4n) is 3.70. The molecule has 0 saturated carbocycles. The van der Waals surface area contributed by atoms with E-state index in [0.29, 0.717) is 13.3 Å². The molecule has 0 radical (unpaired) electrons. The van der Waals surface area contributed by atoms with Gasteiger partial charge in [0, 0.05) is 31.7 Å². The van der Waals surface area contributed by atoms with Crippen LogP contribution in [0.4, 0.5) is 0 Å². The van der Waals surface area contributed by atoms with Crippen LogP contribution in [0.5, 0.6) is 11.5 Å². The van der Waals surface area contributed by atoms with Crippen LogP contribution in [0.25, 0.3) is 0 Å². The minimum atomic E-state index is -0.0161. The summed E-state index contributed by atoms with van der Waals surface area (Å²) in [6.45, 7) is 6.22. The highest BCUT2D eigenvalue weighted by Gasteiger charge is 2.35. The van der Waals surface area contributed by atoms with Crippen LogP contribution in [0.3, 0.4) is 0 Å². The van der Waals surface area contributed by atoms with Crippen LogP contribution >= 0.6 is 35.3 Å². The van der Waals surface area contributed by atoms with E-state index < -0.39 is 0 Å². The highest BCUT2D eigenvalue weighted by Crippen LogP contribution is 2.40. The van der Waals surface area contributed by atoms with Gasteiger partial charge < -0.3 is 24.8 Å². The van der Waals surface area contributed by atoms with Gasteiger partial charge in [0.2, 0.25) is 6.79 Å². The van der Waals surface area contributed by atoms with Crippen LogP contribution < -0.4 is 20.1 Å². The lowest BCUT2D eigenvalue weighted by Crippen LogP contribution is -2.48. The Labute approximate surface area is 193 Å². The number of nitrogens with zero attached hydrogens (tertiary/aromatic N) is 1. The Kier molecular flexibility index (Phi) is 8.02. The Bertz CT molecular complexity index is 808. The number of nitrogens with one attached hydrogen (secondary N) is 2. The zero-order chi connectivity index (χ0) is 19.2. The fourth-order valence-corrected chi connectivity index (χ4v) is 4.36. The normalized spacial score (nSPS) is 17.5. The van der Waals surface area contributed by atoms with E-state index in [0.717, 1.165) is 56.6 Å². The fraction of sp³-hybridized carbons (Fsp3) is 0.476. The Balaban J connectivity index is 0.00000240. The minimum Gasteiger partial charge on any atom is -0.454 e. The summed E-state index contributed by atoms with van der Waals surface area (Å²) in [5.74, 6) is 2.51. The summed E-state index contributed by atoms with van der Waals surface area (Å²) in [7, 11) is 0. The lowest BCUT2D eigenvalue weighted by molar-refractivity contribution is 0.0513. The van der Waals surface area contributed by atoms with Gasteiger partial charge in [-0.1, -0.05) is 6.07 Å². The summed E-state index contributed by atoms with van der Waals surface area (Å²) in [5.41, 5.74) is 2.48. The Morgan fingerprint density at radius 1 is 1.14 bits per heavy atom. The predicted molar refractivity (Wildman–Crippen MR) is 127 cm³/mol. The molecule has 2 aromatic rings. The van der Waals surface area contributed by atoms with E-state index in [1.54, 1.807) is 11.3 Å². The molecule has 2 aliphatic heterocycles. The van der Waals surface area contributed by atoms with Gasteiger partial charge in [0.15, 0.2) is 17.5 Å². The lowest BCUT2D eigenvalue weighted by Gasteiger charge is -2.38. The second kappa shape index (κ2) is 10.5. The van der Waals surface area contributed by atoms with Gasteiger partial charge >= 0.3 is 0 Å². The van der Waals surface area contributed by atoms with Crippen molar-refractivity contribution >= 4 is 41.3 Å². The van der Waals surface area contributed by atoms with E-state index in [9.17, 15) is 0 Å². The van der Waals surface area contributed by atoms with Crippen molar-refractivity contribution in [3.8, 4) is 11.5 Å². The third-order valence-corrected chi connectivity index (χ3v) is 6.11. The van der Waals surface area contributed by atoms with E-state index in [2.05, 4.69) is 46.5 Å². The number of aliphatic imine (C=N–C) groups is 1. The number of rotatable bonds is 6. The number of fused-ring (bicyclic) bond motifs is 1. The molecule has 0 aliphatic carbocycles. The summed E-state index contributed by atoms with van der Waals surface area (Å²) >= 11 is 1.70. The molecule has 158 valence electrons. The SMILES string of the molecule is CCNC(=NCc1ccsc1)NCC1(c2ccc3c(c2)OCO3)CCOCC1.I. The molecule has 8 heteroatoms. The van der Waals surface area contributed by atoms with Gasteiger partial charge in [0.05, 0.1) is 6.54 Å². The summed E-state index contributed by atoms with van der Waals surface area (Å²) in [6, 6.07) is 8.43. The van der Waals surface area contributed by atoms with Crippen molar-refractivity contribution < 1.29 is 14.2 Å².